The lowest BCUT2D eigenvalue weighted by atomic mass is 9.99. The molecule has 3 rings (SSSR count). The predicted molar refractivity (Wildman–Crippen MR) is 108 cm³/mol. The summed E-state index contributed by atoms with van der Waals surface area (Å²) in [5.41, 5.74) is 1.83. The van der Waals surface area contributed by atoms with E-state index in [0.717, 1.165) is 11.1 Å². The van der Waals surface area contributed by atoms with Crippen LogP contribution in [0.3, 0.4) is 0 Å². The molecule has 1 atom stereocenters. The van der Waals surface area contributed by atoms with Crippen LogP contribution in [0, 0.1) is 12.7 Å². The summed E-state index contributed by atoms with van der Waals surface area (Å²) < 4.78 is 40.5. The van der Waals surface area contributed by atoms with Gasteiger partial charge in [-0.3, -0.25) is 9.69 Å². The average Bonchev–Trinajstić information content (AvgIpc) is 2.70. The van der Waals surface area contributed by atoms with E-state index >= 15 is 0 Å². The van der Waals surface area contributed by atoms with Crippen molar-refractivity contribution in [1.29, 1.82) is 0 Å². The first-order valence-electron chi connectivity index (χ1n) is 9.55. The molecular formula is C21H25FN2O4S. The topological polar surface area (TPSA) is 77.9 Å². The molecule has 1 fully saturated rings. The molecule has 0 unspecified atom stereocenters. The van der Waals surface area contributed by atoms with Crippen molar-refractivity contribution in [1.82, 2.24) is 9.21 Å². The Morgan fingerprint density at radius 3 is 2.17 bits per heavy atom. The van der Waals surface area contributed by atoms with Crippen LogP contribution >= 0.6 is 0 Å². The van der Waals surface area contributed by atoms with Gasteiger partial charge < -0.3 is 5.11 Å². The lowest BCUT2D eigenvalue weighted by Crippen LogP contribution is -2.49. The Morgan fingerprint density at radius 1 is 1.03 bits per heavy atom. The van der Waals surface area contributed by atoms with Gasteiger partial charge in [0.05, 0.1) is 4.90 Å². The minimum Gasteiger partial charge on any atom is -0.481 e. The summed E-state index contributed by atoms with van der Waals surface area (Å²) in [5, 5.41) is 9.08. The van der Waals surface area contributed by atoms with Gasteiger partial charge in [-0.1, -0.05) is 29.8 Å². The highest BCUT2D eigenvalue weighted by molar-refractivity contribution is 7.89. The minimum atomic E-state index is -3.56. The molecule has 2 aromatic rings. The Balaban J connectivity index is 1.72. The van der Waals surface area contributed by atoms with Crippen molar-refractivity contribution in [3.63, 3.8) is 0 Å². The summed E-state index contributed by atoms with van der Waals surface area (Å²) in [7, 11) is -3.56. The van der Waals surface area contributed by atoms with E-state index in [0.29, 0.717) is 32.6 Å². The fourth-order valence-electron chi connectivity index (χ4n) is 3.62. The molecule has 156 valence electrons. The number of hydrogen-bond acceptors (Lipinski definition) is 4. The SMILES string of the molecule is Cc1ccc(S(=O)(=O)N2CCN([C@@H](CCC(=O)O)c3ccc(F)cc3)CC2)cc1. The first kappa shape index (κ1) is 21.4. The van der Waals surface area contributed by atoms with E-state index in [-0.39, 0.29) is 23.2 Å². The number of carbonyl (C=O) groups is 1. The molecule has 8 heteroatoms. The highest BCUT2D eigenvalue weighted by atomic mass is 32.2. The number of carboxylic acids is 1. The molecule has 0 aliphatic carbocycles. The van der Waals surface area contributed by atoms with Crippen molar-refractivity contribution in [2.75, 3.05) is 26.2 Å². The molecule has 1 saturated heterocycles. The number of piperazine rings is 1. The van der Waals surface area contributed by atoms with Crippen LogP contribution in [0.2, 0.25) is 0 Å². The molecule has 0 spiro atoms. The van der Waals surface area contributed by atoms with E-state index in [1.165, 1.54) is 16.4 Å². The van der Waals surface area contributed by atoms with Gasteiger partial charge in [-0.2, -0.15) is 4.31 Å². The summed E-state index contributed by atoms with van der Waals surface area (Å²) in [6.07, 6.45) is 0.371. The summed E-state index contributed by atoms with van der Waals surface area (Å²) in [6.45, 7) is 3.50. The van der Waals surface area contributed by atoms with E-state index in [9.17, 15) is 17.6 Å². The fourth-order valence-corrected chi connectivity index (χ4v) is 5.04. The van der Waals surface area contributed by atoms with Crippen molar-refractivity contribution >= 4 is 16.0 Å². The zero-order valence-electron chi connectivity index (χ0n) is 16.3. The summed E-state index contributed by atoms with van der Waals surface area (Å²) in [5.74, 6) is -1.24. The predicted octanol–water partition coefficient (Wildman–Crippen LogP) is 3.05. The molecule has 0 aromatic heterocycles. The second-order valence-electron chi connectivity index (χ2n) is 7.25. The quantitative estimate of drug-likeness (QED) is 0.745. The van der Waals surface area contributed by atoms with Crippen LogP contribution < -0.4 is 0 Å². The Kier molecular flexibility index (Phi) is 6.66. The monoisotopic (exact) mass is 420 g/mol. The lowest BCUT2D eigenvalue weighted by Gasteiger charge is -2.39. The number of benzene rings is 2. The van der Waals surface area contributed by atoms with Crippen molar-refractivity contribution in [3.05, 3.63) is 65.5 Å². The molecule has 0 radical (unpaired) electrons. The standard InChI is InChI=1S/C21H25FN2O4S/c1-16-2-8-19(9-3-16)29(27,28)24-14-12-23(13-15-24)20(10-11-21(25)26)17-4-6-18(22)7-5-17/h2-9,20H,10-15H2,1H3,(H,25,26)/t20-/m0/s1. The van der Waals surface area contributed by atoms with Gasteiger partial charge in [0.2, 0.25) is 10.0 Å². The van der Waals surface area contributed by atoms with Gasteiger partial charge in [-0.05, 0) is 43.2 Å². The maximum atomic E-state index is 13.3. The van der Waals surface area contributed by atoms with Crippen molar-refractivity contribution in [2.24, 2.45) is 0 Å². The van der Waals surface area contributed by atoms with Crippen LogP contribution in [0.25, 0.3) is 0 Å². The molecule has 0 amide bonds. The Hall–Kier alpha value is -2.29. The normalized spacial score (nSPS) is 17.2. The highest BCUT2D eigenvalue weighted by Gasteiger charge is 2.31. The Bertz CT molecular complexity index is 938. The number of hydrogen-bond donors (Lipinski definition) is 1. The van der Waals surface area contributed by atoms with Gasteiger partial charge in [0.25, 0.3) is 0 Å². The fraction of sp³-hybridized carbons (Fsp3) is 0.381. The van der Waals surface area contributed by atoms with E-state index < -0.39 is 16.0 Å². The van der Waals surface area contributed by atoms with E-state index in [1.807, 2.05) is 6.92 Å². The molecule has 0 saturated carbocycles. The summed E-state index contributed by atoms with van der Waals surface area (Å²) in [6, 6.07) is 12.6. The molecule has 1 aliphatic heterocycles. The van der Waals surface area contributed by atoms with Gasteiger partial charge in [0.15, 0.2) is 0 Å². The van der Waals surface area contributed by atoms with E-state index in [4.69, 9.17) is 5.11 Å². The number of aliphatic carboxylic acids is 1. The molecule has 6 nitrogen and oxygen atoms in total. The van der Waals surface area contributed by atoms with Crippen LogP contribution in [-0.2, 0) is 14.8 Å². The molecule has 2 aromatic carbocycles. The Labute approximate surface area is 170 Å². The second kappa shape index (κ2) is 9.02. The van der Waals surface area contributed by atoms with Gasteiger partial charge in [0.1, 0.15) is 5.82 Å². The first-order chi connectivity index (χ1) is 13.8. The molecule has 1 N–H and O–H groups in total. The first-order valence-corrected chi connectivity index (χ1v) is 11.0. The Morgan fingerprint density at radius 2 is 1.62 bits per heavy atom. The third-order valence-electron chi connectivity index (χ3n) is 5.26. The molecule has 1 heterocycles. The van der Waals surface area contributed by atoms with Crippen molar-refractivity contribution < 1.29 is 22.7 Å². The maximum Gasteiger partial charge on any atom is 0.303 e. The smallest absolute Gasteiger partial charge is 0.303 e. The average molecular weight is 421 g/mol. The van der Waals surface area contributed by atoms with Crippen LogP contribution in [0.1, 0.15) is 30.0 Å². The largest absolute Gasteiger partial charge is 0.481 e. The van der Waals surface area contributed by atoms with Crippen LogP contribution in [0.4, 0.5) is 4.39 Å². The number of aryl methyl sites for hydroxylation is 1. The van der Waals surface area contributed by atoms with E-state index in [1.54, 1.807) is 36.4 Å². The van der Waals surface area contributed by atoms with Gasteiger partial charge in [-0.15, -0.1) is 0 Å². The third kappa shape index (κ3) is 5.20. The van der Waals surface area contributed by atoms with Crippen LogP contribution in [0.15, 0.2) is 53.4 Å². The molecular weight excluding hydrogens is 395 g/mol. The maximum absolute atomic E-state index is 13.3. The van der Waals surface area contributed by atoms with Gasteiger partial charge in [0, 0.05) is 38.6 Å². The van der Waals surface area contributed by atoms with Crippen LogP contribution in [-0.4, -0.2) is 54.9 Å². The third-order valence-corrected chi connectivity index (χ3v) is 7.17. The highest BCUT2D eigenvalue weighted by Crippen LogP contribution is 2.28. The number of rotatable bonds is 7. The van der Waals surface area contributed by atoms with Crippen molar-refractivity contribution in [3.8, 4) is 0 Å². The minimum absolute atomic E-state index is 0.01000. The van der Waals surface area contributed by atoms with Gasteiger partial charge in [-0.25, -0.2) is 12.8 Å². The summed E-state index contributed by atoms with van der Waals surface area (Å²) in [4.78, 5) is 13.4. The molecule has 1 aliphatic rings. The van der Waals surface area contributed by atoms with Crippen molar-refractivity contribution in [2.45, 2.75) is 30.7 Å². The van der Waals surface area contributed by atoms with E-state index in [2.05, 4.69) is 4.90 Å². The number of nitrogens with zero attached hydrogens (tertiary/aromatic N) is 2. The summed E-state index contributed by atoms with van der Waals surface area (Å²) >= 11 is 0. The number of sulfonamides is 1. The zero-order chi connectivity index (χ0) is 21.0. The van der Waals surface area contributed by atoms with Gasteiger partial charge >= 0.3 is 5.97 Å². The second-order valence-corrected chi connectivity index (χ2v) is 9.19. The zero-order valence-corrected chi connectivity index (χ0v) is 17.1. The number of carboxylic acid groups (broad SMARTS) is 1. The lowest BCUT2D eigenvalue weighted by molar-refractivity contribution is -0.137. The number of halogens is 1. The molecule has 0 bridgehead atoms. The molecule has 29 heavy (non-hydrogen) atoms. The van der Waals surface area contributed by atoms with Crippen LogP contribution in [0.5, 0.6) is 0 Å².